The minimum Gasteiger partial charge on any atom is -0.423 e. The summed E-state index contributed by atoms with van der Waals surface area (Å²) >= 11 is 6.45. The maximum atomic E-state index is 13.0. The normalized spacial score (nSPS) is 10.2. The molecule has 0 unspecified atom stereocenters. The smallest absolute Gasteiger partial charge is 0.321 e. The molecule has 16 heavy (non-hydrogen) atoms. The van der Waals surface area contributed by atoms with Gasteiger partial charge in [-0.3, -0.25) is 0 Å². The molecule has 2 rings (SSSR count). The Morgan fingerprint density at radius 1 is 1.12 bits per heavy atom. The average molecular weight is 348 g/mol. The Labute approximate surface area is 108 Å². The van der Waals surface area contributed by atoms with Crippen molar-refractivity contribution in [2.24, 2.45) is 0 Å². The lowest BCUT2D eigenvalue weighted by Crippen LogP contribution is -1.92. The van der Waals surface area contributed by atoms with Gasteiger partial charge in [-0.25, -0.2) is 14.4 Å². The lowest BCUT2D eigenvalue weighted by Gasteiger charge is -2.05. The van der Waals surface area contributed by atoms with Crippen LogP contribution in [0.25, 0.3) is 0 Å². The molecule has 0 radical (unpaired) electrons. The summed E-state index contributed by atoms with van der Waals surface area (Å²) in [6, 6.07) is 4.31. The Bertz CT molecular complexity index is 505. The van der Waals surface area contributed by atoms with Crippen LogP contribution in [0.1, 0.15) is 0 Å². The van der Waals surface area contributed by atoms with Gasteiger partial charge in [0.25, 0.3) is 0 Å². The van der Waals surface area contributed by atoms with Crippen LogP contribution in [-0.4, -0.2) is 9.97 Å². The van der Waals surface area contributed by atoms with Crippen LogP contribution in [0.5, 0.6) is 11.8 Å². The van der Waals surface area contributed by atoms with Crippen molar-refractivity contribution in [2.75, 3.05) is 0 Å². The van der Waals surface area contributed by atoms with Crippen LogP contribution in [0.2, 0.25) is 0 Å². The van der Waals surface area contributed by atoms with Crippen molar-refractivity contribution in [2.45, 2.75) is 0 Å². The van der Waals surface area contributed by atoms with Gasteiger partial charge in [-0.15, -0.1) is 0 Å². The zero-order valence-electron chi connectivity index (χ0n) is 7.82. The number of benzene rings is 1. The molecule has 2 aromatic rings. The molecule has 0 N–H and O–H groups in total. The molecule has 1 aromatic heterocycles. The number of halogens is 3. The van der Waals surface area contributed by atoms with Crippen LogP contribution in [0.15, 0.2) is 39.5 Å². The van der Waals surface area contributed by atoms with E-state index >= 15 is 0 Å². The van der Waals surface area contributed by atoms with Gasteiger partial charge in [0, 0.05) is 18.5 Å². The molecule has 0 spiro atoms. The van der Waals surface area contributed by atoms with Crippen molar-refractivity contribution in [1.29, 1.82) is 0 Å². The number of ether oxygens (including phenoxy) is 1. The largest absolute Gasteiger partial charge is 0.423 e. The van der Waals surface area contributed by atoms with Crippen molar-refractivity contribution in [3.63, 3.8) is 0 Å². The van der Waals surface area contributed by atoms with E-state index in [-0.39, 0.29) is 11.8 Å². The summed E-state index contributed by atoms with van der Waals surface area (Å²) in [7, 11) is 0. The Balaban J connectivity index is 2.26. The second-order valence-corrected chi connectivity index (χ2v) is 4.63. The van der Waals surface area contributed by atoms with Gasteiger partial charge in [0.2, 0.25) is 0 Å². The molecule has 0 fully saturated rings. The quantitative estimate of drug-likeness (QED) is 0.825. The molecule has 3 nitrogen and oxygen atoms in total. The molecule has 0 saturated heterocycles. The third kappa shape index (κ3) is 2.76. The van der Waals surface area contributed by atoms with Gasteiger partial charge in [0.1, 0.15) is 11.6 Å². The van der Waals surface area contributed by atoms with Gasteiger partial charge in [0.15, 0.2) is 0 Å². The summed E-state index contributed by atoms with van der Waals surface area (Å²) in [5, 5.41) is 0. The van der Waals surface area contributed by atoms with E-state index in [1.54, 1.807) is 18.5 Å². The minimum absolute atomic E-state index is 0.162. The van der Waals surface area contributed by atoms with E-state index in [0.29, 0.717) is 10.2 Å². The molecule has 6 heteroatoms. The van der Waals surface area contributed by atoms with Gasteiger partial charge in [-0.1, -0.05) is 0 Å². The Morgan fingerprint density at radius 2 is 1.81 bits per heavy atom. The molecule has 0 amide bonds. The first-order chi connectivity index (χ1) is 7.65. The standard InChI is InChI=1S/C10H5Br2FN2O/c11-6-4-14-10(15-5-6)16-9-3-7(13)1-2-8(9)12/h1-5H. The molecule has 0 aliphatic heterocycles. The van der Waals surface area contributed by atoms with Crippen LogP contribution in [0.3, 0.4) is 0 Å². The number of nitrogens with zero attached hydrogens (tertiary/aromatic N) is 2. The van der Waals surface area contributed by atoms with Crippen LogP contribution < -0.4 is 4.74 Å². The SMILES string of the molecule is Fc1ccc(Br)c(Oc2ncc(Br)cn2)c1. The summed E-state index contributed by atoms with van der Waals surface area (Å²) < 4.78 is 19.7. The Kier molecular flexibility index (Phi) is 3.50. The molecular weight excluding hydrogens is 343 g/mol. The fourth-order valence-electron chi connectivity index (χ4n) is 1.01. The topological polar surface area (TPSA) is 35.0 Å². The van der Waals surface area contributed by atoms with Gasteiger partial charge in [0.05, 0.1) is 8.95 Å². The molecule has 0 atom stereocenters. The van der Waals surface area contributed by atoms with E-state index < -0.39 is 0 Å². The van der Waals surface area contributed by atoms with Crippen molar-refractivity contribution in [3.8, 4) is 11.8 Å². The molecule has 0 saturated carbocycles. The first kappa shape index (κ1) is 11.5. The average Bonchev–Trinajstić information content (AvgIpc) is 2.27. The molecule has 0 bridgehead atoms. The van der Waals surface area contributed by atoms with Crippen LogP contribution in [0, 0.1) is 5.82 Å². The van der Waals surface area contributed by atoms with Crippen molar-refractivity contribution in [1.82, 2.24) is 9.97 Å². The highest BCUT2D eigenvalue weighted by atomic mass is 79.9. The number of hydrogen-bond donors (Lipinski definition) is 0. The summed E-state index contributed by atoms with van der Waals surface area (Å²) in [4.78, 5) is 7.84. The lowest BCUT2D eigenvalue weighted by molar-refractivity contribution is 0.435. The first-order valence-electron chi connectivity index (χ1n) is 4.25. The zero-order valence-corrected chi connectivity index (χ0v) is 11.0. The fourth-order valence-corrected chi connectivity index (χ4v) is 1.54. The monoisotopic (exact) mass is 346 g/mol. The highest BCUT2D eigenvalue weighted by Gasteiger charge is 2.06. The van der Waals surface area contributed by atoms with Gasteiger partial charge in [-0.2, -0.15) is 0 Å². The lowest BCUT2D eigenvalue weighted by atomic mass is 10.3. The highest BCUT2D eigenvalue weighted by Crippen LogP contribution is 2.28. The second-order valence-electron chi connectivity index (χ2n) is 2.86. The second kappa shape index (κ2) is 4.88. The van der Waals surface area contributed by atoms with E-state index in [9.17, 15) is 4.39 Å². The Morgan fingerprint density at radius 3 is 2.50 bits per heavy atom. The number of rotatable bonds is 2. The Hall–Kier alpha value is -1.01. The third-order valence-corrected chi connectivity index (χ3v) is 2.76. The molecule has 1 heterocycles. The maximum absolute atomic E-state index is 13.0. The maximum Gasteiger partial charge on any atom is 0.321 e. The van der Waals surface area contributed by atoms with Crippen molar-refractivity contribution < 1.29 is 9.13 Å². The van der Waals surface area contributed by atoms with Crippen LogP contribution in [0.4, 0.5) is 4.39 Å². The summed E-state index contributed by atoms with van der Waals surface area (Å²) in [5.41, 5.74) is 0. The zero-order chi connectivity index (χ0) is 11.5. The minimum atomic E-state index is -0.379. The predicted octanol–water partition coefficient (Wildman–Crippen LogP) is 3.93. The van der Waals surface area contributed by atoms with E-state index in [1.165, 1.54) is 12.1 Å². The van der Waals surface area contributed by atoms with Gasteiger partial charge < -0.3 is 4.74 Å². The van der Waals surface area contributed by atoms with E-state index in [4.69, 9.17) is 4.74 Å². The molecule has 1 aromatic carbocycles. The van der Waals surface area contributed by atoms with Crippen LogP contribution >= 0.6 is 31.9 Å². The molecule has 0 aliphatic rings. The van der Waals surface area contributed by atoms with E-state index in [1.807, 2.05) is 0 Å². The number of hydrogen-bond acceptors (Lipinski definition) is 3. The first-order valence-corrected chi connectivity index (χ1v) is 5.84. The number of aromatic nitrogens is 2. The molecule has 82 valence electrons. The van der Waals surface area contributed by atoms with Gasteiger partial charge in [-0.05, 0) is 44.0 Å². The predicted molar refractivity (Wildman–Crippen MR) is 63.9 cm³/mol. The summed E-state index contributed by atoms with van der Waals surface area (Å²) in [6.07, 6.45) is 3.10. The third-order valence-electron chi connectivity index (χ3n) is 1.69. The van der Waals surface area contributed by atoms with E-state index in [0.717, 1.165) is 4.47 Å². The van der Waals surface area contributed by atoms with Gasteiger partial charge >= 0.3 is 6.01 Å². The summed E-state index contributed by atoms with van der Waals surface area (Å²) in [6.45, 7) is 0. The highest BCUT2D eigenvalue weighted by molar-refractivity contribution is 9.10. The molecule has 0 aliphatic carbocycles. The summed E-state index contributed by atoms with van der Waals surface area (Å²) in [5.74, 6) is -0.0439. The van der Waals surface area contributed by atoms with Crippen LogP contribution in [-0.2, 0) is 0 Å². The molecular formula is C10H5Br2FN2O. The fraction of sp³-hybridized carbons (Fsp3) is 0. The van der Waals surface area contributed by atoms with Crippen molar-refractivity contribution in [3.05, 3.63) is 45.4 Å². The van der Waals surface area contributed by atoms with E-state index in [2.05, 4.69) is 41.8 Å². The van der Waals surface area contributed by atoms with Crippen molar-refractivity contribution >= 4 is 31.9 Å².